The van der Waals surface area contributed by atoms with Crippen molar-refractivity contribution in [1.29, 1.82) is 0 Å². The number of aromatic carboxylic acids is 1. The smallest absolute Gasteiger partial charge is 0.338 e. The van der Waals surface area contributed by atoms with E-state index in [0.717, 1.165) is 12.1 Å². The number of nitrogens with one attached hydrogen (secondary N) is 1. The molecular weight excluding hydrogens is 329 g/mol. The number of aromatic nitrogens is 4. The van der Waals surface area contributed by atoms with Gasteiger partial charge in [0.2, 0.25) is 10.0 Å². The molecule has 0 amide bonds. The van der Waals surface area contributed by atoms with E-state index >= 15 is 0 Å². The van der Waals surface area contributed by atoms with Gasteiger partial charge in [-0.2, -0.15) is 0 Å². The van der Waals surface area contributed by atoms with Crippen LogP contribution in [0.1, 0.15) is 34.7 Å². The predicted octanol–water partition coefficient (Wildman–Crippen LogP) is 0.395. The van der Waals surface area contributed by atoms with Crippen molar-refractivity contribution in [2.75, 3.05) is 0 Å². The first-order valence-corrected chi connectivity index (χ1v) is 7.90. The van der Waals surface area contributed by atoms with Gasteiger partial charge in [-0.15, -0.1) is 5.10 Å². The normalized spacial score (nSPS) is 13.0. The molecule has 1 aromatic heterocycles. The fourth-order valence-corrected chi connectivity index (χ4v) is 3.42. The summed E-state index contributed by atoms with van der Waals surface area (Å²) in [4.78, 5) is 10.3. The molecule has 0 fully saturated rings. The highest BCUT2D eigenvalue weighted by Crippen LogP contribution is 2.22. The molecule has 1 atom stereocenters. The van der Waals surface area contributed by atoms with E-state index in [0.29, 0.717) is 5.56 Å². The first kappa shape index (κ1) is 17.0. The molecule has 9 nitrogen and oxygen atoms in total. The van der Waals surface area contributed by atoms with Crippen molar-refractivity contribution in [3.8, 4) is 0 Å². The van der Waals surface area contributed by atoms with Crippen molar-refractivity contribution in [3.05, 3.63) is 34.9 Å². The van der Waals surface area contributed by atoms with Gasteiger partial charge in [0.1, 0.15) is 4.90 Å². The van der Waals surface area contributed by atoms with Crippen molar-refractivity contribution >= 4 is 16.0 Å². The van der Waals surface area contributed by atoms with Crippen LogP contribution < -0.4 is 4.72 Å². The molecular formula is C12H14FN5O4S. The number of aryl methyl sites for hydroxylation is 2. The number of hydrogen-bond donors (Lipinski definition) is 2. The van der Waals surface area contributed by atoms with Gasteiger partial charge in [-0.3, -0.25) is 0 Å². The molecule has 11 heteroatoms. The van der Waals surface area contributed by atoms with E-state index in [9.17, 15) is 17.6 Å². The van der Waals surface area contributed by atoms with E-state index < -0.39 is 38.3 Å². The lowest BCUT2D eigenvalue weighted by atomic mass is 10.1. The van der Waals surface area contributed by atoms with Crippen LogP contribution in [0.2, 0.25) is 0 Å². The molecule has 1 heterocycles. The maximum atomic E-state index is 14.2. The summed E-state index contributed by atoms with van der Waals surface area (Å²) in [6.45, 7) is 2.95. The third-order valence-electron chi connectivity index (χ3n) is 3.08. The minimum absolute atomic E-state index is 0.222. The Morgan fingerprint density at radius 2 is 2.09 bits per heavy atom. The van der Waals surface area contributed by atoms with Crippen molar-refractivity contribution in [2.45, 2.75) is 24.8 Å². The summed E-state index contributed by atoms with van der Waals surface area (Å²) in [5.74, 6) is -2.65. The molecule has 2 rings (SSSR count). The number of hydrogen-bond acceptors (Lipinski definition) is 6. The molecule has 1 aromatic carbocycles. The van der Waals surface area contributed by atoms with Gasteiger partial charge in [-0.25, -0.2) is 27.0 Å². The minimum atomic E-state index is -4.31. The molecule has 124 valence electrons. The fraction of sp³-hybridized carbons (Fsp3) is 0.333. The summed E-state index contributed by atoms with van der Waals surface area (Å²) in [5.41, 5.74) is -0.407. The summed E-state index contributed by atoms with van der Waals surface area (Å²) >= 11 is 0. The monoisotopic (exact) mass is 343 g/mol. The Hall–Kier alpha value is -2.40. The van der Waals surface area contributed by atoms with Gasteiger partial charge in [0, 0.05) is 7.05 Å². The van der Waals surface area contributed by atoms with Crippen molar-refractivity contribution in [2.24, 2.45) is 7.05 Å². The molecule has 1 unspecified atom stereocenters. The van der Waals surface area contributed by atoms with E-state index in [4.69, 9.17) is 5.11 Å². The number of sulfonamides is 1. The second-order valence-electron chi connectivity index (χ2n) is 4.93. The molecule has 0 bridgehead atoms. The highest BCUT2D eigenvalue weighted by Gasteiger charge is 2.27. The molecule has 23 heavy (non-hydrogen) atoms. The second kappa shape index (κ2) is 6.01. The summed E-state index contributed by atoms with van der Waals surface area (Å²) in [6, 6.07) is 1.28. The number of nitrogens with zero attached hydrogens (tertiary/aromatic N) is 4. The lowest BCUT2D eigenvalue weighted by Crippen LogP contribution is -2.30. The summed E-state index contributed by atoms with van der Waals surface area (Å²) < 4.78 is 42.5. The van der Waals surface area contributed by atoms with Crippen LogP contribution >= 0.6 is 0 Å². The Labute approximate surface area is 131 Å². The number of carbonyl (C=O) groups is 1. The molecule has 2 N–H and O–H groups in total. The maximum absolute atomic E-state index is 14.2. The van der Waals surface area contributed by atoms with Crippen LogP contribution in [-0.4, -0.2) is 39.7 Å². The van der Waals surface area contributed by atoms with Gasteiger partial charge in [-0.1, -0.05) is 0 Å². The average molecular weight is 343 g/mol. The van der Waals surface area contributed by atoms with Crippen LogP contribution in [0.3, 0.4) is 0 Å². The number of benzene rings is 1. The van der Waals surface area contributed by atoms with Crippen molar-refractivity contribution < 1.29 is 22.7 Å². The Bertz CT molecular complexity index is 864. The van der Waals surface area contributed by atoms with Crippen LogP contribution in [-0.2, 0) is 17.1 Å². The van der Waals surface area contributed by atoms with E-state index in [-0.39, 0.29) is 5.82 Å². The SMILES string of the molecule is Cc1cc(C(=O)O)c(F)c(S(=O)(=O)NC(C)c2nnnn2C)c1. The minimum Gasteiger partial charge on any atom is -0.478 e. The van der Waals surface area contributed by atoms with Crippen LogP contribution in [0.5, 0.6) is 0 Å². The largest absolute Gasteiger partial charge is 0.478 e. The van der Waals surface area contributed by atoms with E-state index in [1.807, 2.05) is 0 Å². The highest BCUT2D eigenvalue weighted by atomic mass is 32.2. The lowest BCUT2D eigenvalue weighted by Gasteiger charge is -2.14. The number of tetrazole rings is 1. The van der Waals surface area contributed by atoms with Crippen LogP contribution in [0.25, 0.3) is 0 Å². The first-order valence-electron chi connectivity index (χ1n) is 6.41. The third kappa shape index (κ3) is 3.35. The van der Waals surface area contributed by atoms with Gasteiger partial charge >= 0.3 is 5.97 Å². The van der Waals surface area contributed by atoms with Crippen LogP contribution in [0, 0.1) is 12.7 Å². The summed E-state index contributed by atoms with van der Waals surface area (Å²) in [5, 5.41) is 19.6. The van der Waals surface area contributed by atoms with Gasteiger partial charge in [0.05, 0.1) is 11.6 Å². The standard InChI is InChI=1S/C12H14FN5O4S/c1-6-4-8(12(19)20)10(13)9(5-6)23(21,22)15-7(2)11-14-16-17-18(11)3/h4-5,7,15H,1-3H3,(H,19,20). The van der Waals surface area contributed by atoms with Crippen molar-refractivity contribution in [1.82, 2.24) is 24.9 Å². The Balaban J connectivity index is 2.44. The van der Waals surface area contributed by atoms with Crippen LogP contribution in [0.15, 0.2) is 17.0 Å². The van der Waals surface area contributed by atoms with Gasteiger partial charge in [-0.05, 0) is 42.0 Å². The second-order valence-corrected chi connectivity index (χ2v) is 6.62. The highest BCUT2D eigenvalue weighted by molar-refractivity contribution is 7.89. The van der Waals surface area contributed by atoms with Crippen molar-refractivity contribution in [3.63, 3.8) is 0 Å². The van der Waals surface area contributed by atoms with Gasteiger partial charge in [0.25, 0.3) is 0 Å². The Kier molecular flexibility index (Phi) is 4.43. The van der Waals surface area contributed by atoms with E-state index in [1.54, 1.807) is 0 Å². The van der Waals surface area contributed by atoms with Gasteiger partial charge < -0.3 is 5.11 Å². The molecule has 0 aliphatic heterocycles. The topological polar surface area (TPSA) is 127 Å². The number of halogens is 1. The Morgan fingerprint density at radius 1 is 1.43 bits per heavy atom. The zero-order chi connectivity index (χ0) is 17.4. The number of rotatable bonds is 5. The first-order chi connectivity index (χ1) is 10.6. The molecule has 0 saturated heterocycles. The number of carboxylic acid groups (broad SMARTS) is 1. The van der Waals surface area contributed by atoms with E-state index in [1.165, 1.54) is 25.6 Å². The third-order valence-corrected chi connectivity index (χ3v) is 4.62. The molecule has 0 aliphatic carbocycles. The molecule has 0 radical (unpaired) electrons. The quantitative estimate of drug-likeness (QED) is 0.804. The Morgan fingerprint density at radius 3 is 2.61 bits per heavy atom. The number of carboxylic acids is 1. The molecule has 2 aromatic rings. The molecule has 0 spiro atoms. The lowest BCUT2D eigenvalue weighted by molar-refractivity contribution is 0.0691. The molecule has 0 aliphatic rings. The molecule has 0 saturated carbocycles. The van der Waals surface area contributed by atoms with E-state index in [2.05, 4.69) is 20.2 Å². The van der Waals surface area contributed by atoms with Gasteiger partial charge in [0.15, 0.2) is 11.6 Å². The van der Waals surface area contributed by atoms with Crippen LogP contribution in [0.4, 0.5) is 4.39 Å². The predicted molar refractivity (Wildman–Crippen MR) is 75.6 cm³/mol. The summed E-state index contributed by atoms with van der Waals surface area (Å²) in [6.07, 6.45) is 0. The fourth-order valence-electron chi connectivity index (χ4n) is 2.04. The zero-order valence-corrected chi connectivity index (χ0v) is 13.3. The maximum Gasteiger partial charge on any atom is 0.338 e. The zero-order valence-electron chi connectivity index (χ0n) is 12.5. The average Bonchev–Trinajstić information content (AvgIpc) is 2.86. The summed E-state index contributed by atoms with van der Waals surface area (Å²) in [7, 11) is -2.79.